The molecule has 0 aliphatic carbocycles. The fourth-order valence-electron chi connectivity index (χ4n) is 1.97. The second kappa shape index (κ2) is 8.52. The van der Waals surface area contributed by atoms with Crippen LogP contribution < -0.4 is 10.2 Å². The molecule has 1 N–H and O–H groups in total. The Morgan fingerprint density at radius 3 is 2.88 bits per heavy atom. The van der Waals surface area contributed by atoms with E-state index in [1.807, 2.05) is 0 Å². The van der Waals surface area contributed by atoms with Gasteiger partial charge in [-0.15, -0.1) is 11.3 Å². The Morgan fingerprint density at radius 1 is 1.44 bits per heavy atom. The van der Waals surface area contributed by atoms with E-state index in [9.17, 15) is 13.6 Å². The van der Waals surface area contributed by atoms with Gasteiger partial charge in [0, 0.05) is 16.5 Å². The zero-order chi connectivity index (χ0) is 18.4. The predicted octanol–water partition coefficient (Wildman–Crippen LogP) is 3.29. The number of nitrogens with zero attached hydrogens (tertiary/aromatic N) is 2. The van der Waals surface area contributed by atoms with Crippen LogP contribution in [0.4, 0.5) is 13.9 Å². The molecule has 0 saturated carbocycles. The van der Waals surface area contributed by atoms with Crippen LogP contribution in [0.2, 0.25) is 0 Å². The van der Waals surface area contributed by atoms with E-state index >= 15 is 0 Å². The fourth-order valence-corrected chi connectivity index (χ4v) is 2.63. The molecule has 9 heteroatoms. The number of halogens is 2. The lowest BCUT2D eigenvalue weighted by Gasteiger charge is -2.08. The quantitative estimate of drug-likeness (QED) is 0.461. The Bertz CT molecular complexity index is 793. The molecule has 0 bridgehead atoms. The number of thiazole rings is 1. The first-order chi connectivity index (χ1) is 12.0. The van der Waals surface area contributed by atoms with Crippen molar-refractivity contribution < 1.29 is 23.0 Å². The first-order valence-electron chi connectivity index (χ1n) is 7.38. The number of anilines is 1. The molecule has 0 aliphatic rings. The molecule has 6 nitrogen and oxygen atoms in total. The van der Waals surface area contributed by atoms with Gasteiger partial charge in [-0.1, -0.05) is 0 Å². The number of carbonyl (C=O) groups is 1. The van der Waals surface area contributed by atoms with Crippen LogP contribution in [0.1, 0.15) is 23.7 Å². The first kappa shape index (κ1) is 18.8. The van der Waals surface area contributed by atoms with E-state index in [1.165, 1.54) is 31.4 Å². The molecular formula is C16H17F2N3O3S. The van der Waals surface area contributed by atoms with E-state index < -0.39 is 11.6 Å². The van der Waals surface area contributed by atoms with E-state index in [1.54, 1.807) is 12.3 Å². The smallest absolute Gasteiger partial charge is 0.311 e. The SMILES string of the molecule is CCOC(=O)Cc1csc(NN=Cc2cc(OC)c(C)c(F)c2F)n1. The number of ether oxygens (including phenoxy) is 2. The van der Waals surface area contributed by atoms with Crippen LogP contribution in [-0.4, -0.2) is 30.9 Å². The summed E-state index contributed by atoms with van der Waals surface area (Å²) in [6, 6.07) is 1.35. The lowest BCUT2D eigenvalue weighted by atomic mass is 10.1. The number of carbonyl (C=O) groups excluding carboxylic acids is 1. The molecular weight excluding hydrogens is 352 g/mol. The zero-order valence-electron chi connectivity index (χ0n) is 13.9. The number of methoxy groups -OCH3 is 1. The molecule has 25 heavy (non-hydrogen) atoms. The van der Waals surface area contributed by atoms with Gasteiger partial charge in [0.25, 0.3) is 0 Å². The summed E-state index contributed by atoms with van der Waals surface area (Å²) in [5, 5.41) is 5.94. The maximum absolute atomic E-state index is 13.9. The number of nitrogens with one attached hydrogen (secondary N) is 1. The predicted molar refractivity (Wildman–Crippen MR) is 91.3 cm³/mol. The van der Waals surface area contributed by atoms with E-state index in [2.05, 4.69) is 15.5 Å². The average Bonchev–Trinajstić information content (AvgIpc) is 3.02. The summed E-state index contributed by atoms with van der Waals surface area (Å²) in [5.74, 6) is -2.13. The molecule has 1 aromatic carbocycles. The number of hydrogen-bond acceptors (Lipinski definition) is 7. The largest absolute Gasteiger partial charge is 0.496 e. The van der Waals surface area contributed by atoms with E-state index in [0.717, 1.165) is 6.21 Å². The zero-order valence-corrected chi connectivity index (χ0v) is 14.7. The highest BCUT2D eigenvalue weighted by molar-refractivity contribution is 7.13. The minimum Gasteiger partial charge on any atom is -0.496 e. The highest BCUT2D eigenvalue weighted by Gasteiger charge is 2.15. The van der Waals surface area contributed by atoms with Crippen molar-refractivity contribution in [3.8, 4) is 5.75 Å². The van der Waals surface area contributed by atoms with Crippen molar-refractivity contribution in [2.75, 3.05) is 19.1 Å². The van der Waals surface area contributed by atoms with Gasteiger partial charge in [-0.25, -0.2) is 13.8 Å². The minimum atomic E-state index is -1.01. The minimum absolute atomic E-state index is 0.0595. The van der Waals surface area contributed by atoms with Crippen molar-refractivity contribution in [1.82, 2.24) is 4.98 Å². The summed E-state index contributed by atoms with van der Waals surface area (Å²) in [4.78, 5) is 15.5. The van der Waals surface area contributed by atoms with Gasteiger partial charge in [0.1, 0.15) is 5.75 Å². The molecule has 2 aromatic rings. The molecule has 0 unspecified atom stereocenters. The number of benzene rings is 1. The topological polar surface area (TPSA) is 72.8 Å². The summed E-state index contributed by atoms with van der Waals surface area (Å²) in [7, 11) is 1.37. The lowest BCUT2D eigenvalue weighted by molar-refractivity contribution is -0.142. The second-order valence-electron chi connectivity index (χ2n) is 4.92. The van der Waals surface area contributed by atoms with Crippen LogP contribution in [0, 0.1) is 18.6 Å². The summed E-state index contributed by atoms with van der Waals surface area (Å²) in [6.45, 7) is 3.46. The highest BCUT2D eigenvalue weighted by atomic mass is 32.1. The Balaban J connectivity index is 2.06. The van der Waals surface area contributed by atoms with Crippen molar-refractivity contribution in [3.05, 3.63) is 39.9 Å². The molecule has 0 saturated heterocycles. The molecule has 0 atom stereocenters. The third-order valence-electron chi connectivity index (χ3n) is 3.20. The molecule has 2 rings (SSSR count). The van der Waals surface area contributed by atoms with Crippen molar-refractivity contribution in [2.45, 2.75) is 20.3 Å². The Morgan fingerprint density at radius 2 is 2.20 bits per heavy atom. The van der Waals surface area contributed by atoms with Crippen molar-refractivity contribution in [2.24, 2.45) is 5.10 Å². The highest BCUT2D eigenvalue weighted by Crippen LogP contribution is 2.25. The number of esters is 1. The summed E-state index contributed by atoms with van der Waals surface area (Å²) in [6.07, 6.45) is 1.19. The van der Waals surface area contributed by atoms with E-state index in [0.29, 0.717) is 17.4 Å². The molecule has 1 aromatic heterocycles. The van der Waals surface area contributed by atoms with Crippen LogP contribution in [0.3, 0.4) is 0 Å². The number of hydrogen-bond donors (Lipinski definition) is 1. The van der Waals surface area contributed by atoms with Crippen molar-refractivity contribution >= 4 is 28.7 Å². The summed E-state index contributed by atoms with van der Waals surface area (Å²) >= 11 is 1.23. The van der Waals surface area contributed by atoms with Gasteiger partial charge < -0.3 is 9.47 Å². The molecule has 1 heterocycles. The summed E-state index contributed by atoms with van der Waals surface area (Å²) in [5.41, 5.74) is 3.18. The van der Waals surface area contributed by atoms with Gasteiger partial charge in [0.15, 0.2) is 11.6 Å². The van der Waals surface area contributed by atoms with Gasteiger partial charge in [-0.2, -0.15) is 5.10 Å². The summed E-state index contributed by atoms with van der Waals surface area (Å²) < 4.78 is 37.5. The van der Waals surface area contributed by atoms with Gasteiger partial charge in [-0.05, 0) is 19.9 Å². The van der Waals surface area contributed by atoms with Gasteiger partial charge in [-0.3, -0.25) is 10.2 Å². The number of rotatable bonds is 7. The average molecular weight is 369 g/mol. The maximum Gasteiger partial charge on any atom is 0.311 e. The van der Waals surface area contributed by atoms with Crippen LogP contribution in [-0.2, 0) is 16.0 Å². The Kier molecular flexibility index (Phi) is 6.40. The Labute approximate surface area is 147 Å². The monoisotopic (exact) mass is 369 g/mol. The van der Waals surface area contributed by atoms with Gasteiger partial charge >= 0.3 is 5.97 Å². The molecule has 0 spiro atoms. The molecule has 134 valence electrons. The van der Waals surface area contributed by atoms with Gasteiger partial charge in [0.05, 0.1) is 32.0 Å². The van der Waals surface area contributed by atoms with Crippen LogP contribution in [0.5, 0.6) is 5.75 Å². The Hall–Kier alpha value is -2.55. The standard InChI is InChI=1S/C16H17F2N3O3S/c1-4-24-13(22)6-11-8-25-16(20-11)21-19-7-10-5-12(23-3)9(2)14(17)15(10)18/h5,7-8H,4,6H2,1-3H3,(H,20,21). The molecule has 0 radical (unpaired) electrons. The lowest BCUT2D eigenvalue weighted by Crippen LogP contribution is -2.07. The van der Waals surface area contributed by atoms with Crippen LogP contribution in [0.15, 0.2) is 16.5 Å². The maximum atomic E-state index is 13.9. The first-order valence-corrected chi connectivity index (χ1v) is 8.25. The number of hydrazone groups is 1. The third kappa shape index (κ3) is 4.72. The fraction of sp³-hybridized carbons (Fsp3) is 0.312. The van der Waals surface area contributed by atoms with Crippen molar-refractivity contribution in [1.29, 1.82) is 0 Å². The van der Waals surface area contributed by atoms with E-state index in [-0.39, 0.29) is 29.3 Å². The normalized spacial score (nSPS) is 10.9. The van der Waals surface area contributed by atoms with Crippen molar-refractivity contribution in [3.63, 3.8) is 0 Å². The number of aromatic nitrogens is 1. The third-order valence-corrected chi connectivity index (χ3v) is 3.99. The van der Waals surface area contributed by atoms with E-state index in [4.69, 9.17) is 9.47 Å². The molecule has 0 aliphatic heterocycles. The molecule has 0 amide bonds. The van der Waals surface area contributed by atoms with Gasteiger partial charge in [0.2, 0.25) is 5.13 Å². The second-order valence-corrected chi connectivity index (χ2v) is 5.77. The van der Waals surface area contributed by atoms with Crippen LogP contribution >= 0.6 is 11.3 Å². The molecule has 0 fully saturated rings. The van der Waals surface area contributed by atoms with Crippen LogP contribution in [0.25, 0.3) is 0 Å².